The number of aromatic nitrogens is 2. The molecule has 5 nitrogen and oxygen atoms in total. The minimum absolute atomic E-state index is 0.418. The standard InChI is InChI=1S/C12H24N4O/c1-5-7-10(6-2)14-12-16-15-11(17-12)8-13-9(3)4/h9-10,13H,5-8H2,1-4H3,(H,14,16). The maximum absolute atomic E-state index is 5.52. The van der Waals surface area contributed by atoms with E-state index in [2.05, 4.69) is 48.5 Å². The summed E-state index contributed by atoms with van der Waals surface area (Å²) in [4.78, 5) is 0. The van der Waals surface area contributed by atoms with Crippen molar-refractivity contribution in [2.75, 3.05) is 5.32 Å². The average molecular weight is 240 g/mol. The normalized spacial score (nSPS) is 13.0. The van der Waals surface area contributed by atoms with Crippen LogP contribution in [0.3, 0.4) is 0 Å². The van der Waals surface area contributed by atoms with Gasteiger partial charge in [-0.3, -0.25) is 0 Å². The molecule has 1 rings (SSSR count). The summed E-state index contributed by atoms with van der Waals surface area (Å²) in [6.07, 6.45) is 3.34. The molecule has 0 aliphatic carbocycles. The molecule has 0 radical (unpaired) electrons. The second-order valence-corrected chi connectivity index (χ2v) is 4.57. The van der Waals surface area contributed by atoms with E-state index in [1.165, 1.54) is 0 Å². The maximum Gasteiger partial charge on any atom is 0.315 e. The number of nitrogens with one attached hydrogen (secondary N) is 2. The van der Waals surface area contributed by atoms with E-state index < -0.39 is 0 Å². The summed E-state index contributed by atoms with van der Waals surface area (Å²) in [5, 5.41) is 14.5. The summed E-state index contributed by atoms with van der Waals surface area (Å²) in [5.74, 6) is 0.632. The van der Waals surface area contributed by atoms with Crippen molar-refractivity contribution in [3.8, 4) is 0 Å². The number of nitrogens with zero attached hydrogens (tertiary/aromatic N) is 2. The first-order valence-corrected chi connectivity index (χ1v) is 6.48. The molecule has 1 aromatic rings. The van der Waals surface area contributed by atoms with Crippen LogP contribution in [-0.2, 0) is 6.54 Å². The minimum atomic E-state index is 0.418. The largest absolute Gasteiger partial charge is 0.407 e. The van der Waals surface area contributed by atoms with E-state index in [0.29, 0.717) is 30.5 Å². The van der Waals surface area contributed by atoms with E-state index in [1.54, 1.807) is 0 Å². The third-order valence-corrected chi connectivity index (χ3v) is 2.59. The number of rotatable bonds is 8. The molecular formula is C12H24N4O. The highest BCUT2D eigenvalue weighted by Crippen LogP contribution is 2.11. The smallest absolute Gasteiger partial charge is 0.315 e. The summed E-state index contributed by atoms with van der Waals surface area (Å²) in [6.45, 7) is 9.13. The molecule has 1 unspecified atom stereocenters. The fraction of sp³-hybridized carbons (Fsp3) is 0.833. The van der Waals surface area contributed by atoms with Gasteiger partial charge in [0.05, 0.1) is 6.54 Å². The number of hydrogen-bond acceptors (Lipinski definition) is 5. The molecule has 0 aliphatic heterocycles. The lowest BCUT2D eigenvalue weighted by molar-refractivity contribution is 0.452. The zero-order chi connectivity index (χ0) is 12.7. The molecule has 2 N–H and O–H groups in total. The Morgan fingerprint density at radius 3 is 2.59 bits per heavy atom. The molecule has 5 heteroatoms. The third-order valence-electron chi connectivity index (χ3n) is 2.59. The molecular weight excluding hydrogens is 216 g/mol. The summed E-state index contributed by atoms with van der Waals surface area (Å²) in [7, 11) is 0. The van der Waals surface area contributed by atoms with Gasteiger partial charge < -0.3 is 15.1 Å². The van der Waals surface area contributed by atoms with Crippen LogP contribution in [0.15, 0.2) is 4.42 Å². The lowest BCUT2D eigenvalue weighted by atomic mass is 10.1. The van der Waals surface area contributed by atoms with Crippen molar-refractivity contribution in [2.24, 2.45) is 0 Å². The number of hydrogen-bond donors (Lipinski definition) is 2. The second-order valence-electron chi connectivity index (χ2n) is 4.57. The Morgan fingerprint density at radius 2 is 2.00 bits per heavy atom. The van der Waals surface area contributed by atoms with Crippen LogP contribution in [0.1, 0.15) is 52.8 Å². The molecule has 1 aromatic heterocycles. The Kier molecular flexibility index (Phi) is 5.97. The van der Waals surface area contributed by atoms with Crippen LogP contribution in [0.4, 0.5) is 6.01 Å². The highest BCUT2D eigenvalue weighted by molar-refractivity contribution is 5.19. The van der Waals surface area contributed by atoms with Crippen LogP contribution in [0.2, 0.25) is 0 Å². The van der Waals surface area contributed by atoms with E-state index >= 15 is 0 Å². The lowest BCUT2D eigenvalue weighted by Gasteiger charge is -2.13. The van der Waals surface area contributed by atoms with Crippen LogP contribution in [0.5, 0.6) is 0 Å². The van der Waals surface area contributed by atoms with Gasteiger partial charge in [-0.15, -0.1) is 5.10 Å². The van der Waals surface area contributed by atoms with Gasteiger partial charge in [0.2, 0.25) is 5.89 Å². The molecule has 0 saturated carbocycles. The topological polar surface area (TPSA) is 63.0 Å². The van der Waals surface area contributed by atoms with Crippen molar-refractivity contribution >= 4 is 6.01 Å². The van der Waals surface area contributed by atoms with Gasteiger partial charge in [0, 0.05) is 12.1 Å². The first-order chi connectivity index (χ1) is 8.15. The third kappa shape index (κ3) is 5.17. The van der Waals surface area contributed by atoms with E-state index in [4.69, 9.17) is 4.42 Å². The van der Waals surface area contributed by atoms with Crippen LogP contribution in [-0.4, -0.2) is 22.3 Å². The van der Waals surface area contributed by atoms with Crippen LogP contribution in [0.25, 0.3) is 0 Å². The predicted octanol–water partition coefficient (Wildman–Crippen LogP) is 2.56. The highest BCUT2D eigenvalue weighted by Gasteiger charge is 2.10. The van der Waals surface area contributed by atoms with Crippen molar-refractivity contribution in [3.63, 3.8) is 0 Å². The van der Waals surface area contributed by atoms with Crippen molar-refractivity contribution in [1.82, 2.24) is 15.5 Å². The first-order valence-electron chi connectivity index (χ1n) is 6.48. The van der Waals surface area contributed by atoms with Crippen molar-refractivity contribution in [2.45, 2.75) is 65.6 Å². The molecule has 17 heavy (non-hydrogen) atoms. The molecule has 98 valence electrons. The molecule has 1 heterocycles. The highest BCUT2D eigenvalue weighted by atomic mass is 16.4. The van der Waals surface area contributed by atoms with E-state index in [-0.39, 0.29) is 0 Å². The molecule has 1 atom stereocenters. The summed E-state index contributed by atoms with van der Waals surface area (Å²) < 4.78 is 5.52. The molecule has 0 amide bonds. The van der Waals surface area contributed by atoms with E-state index in [9.17, 15) is 0 Å². The Bertz CT molecular complexity index is 311. The van der Waals surface area contributed by atoms with Crippen LogP contribution >= 0.6 is 0 Å². The minimum Gasteiger partial charge on any atom is -0.407 e. The van der Waals surface area contributed by atoms with Gasteiger partial charge in [-0.1, -0.05) is 39.2 Å². The second kappa shape index (κ2) is 7.27. The maximum atomic E-state index is 5.52. The molecule has 0 aromatic carbocycles. The molecule has 0 saturated heterocycles. The van der Waals surface area contributed by atoms with Crippen molar-refractivity contribution in [1.29, 1.82) is 0 Å². The molecule has 0 bridgehead atoms. The molecule has 0 aliphatic rings. The Labute approximate surface area is 103 Å². The quantitative estimate of drug-likeness (QED) is 0.731. The van der Waals surface area contributed by atoms with E-state index in [1.807, 2.05) is 0 Å². The monoisotopic (exact) mass is 240 g/mol. The van der Waals surface area contributed by atoms with Gasteiger partial charge in [-0.2, -0.15) is 0 Å². The summed E-state index contributed by atoms with van der Waals surface area (Å²) >= 11 is 0. The molecule has 0 fully saturated rings. The van der Waals surface area contributed by atoms with Crippen molar-refractivity contribution < 1.29 is 4.42 Å². The summed E-state index contributed by atoms with van der Waals surface area (Å²) in [5.41, 5.74) is 0. The van der Waals surface area contributed by atoms with Gasteiger partial charge in [0.1, 0.15) is 0 Å². The van der Waals surface area contributed by atoms with Gasteiger partial charge in [-0.25, -0.2) is 0 Å². The van der Waals surface area contributed by atoms with Gasteiger partial charge in [0.15, 0.2) is 0 Å². The fourth-order valence-electron chi connectivity index (χ4n) is 1.58. The SMILES string of the molecule is CCCC(CC)Nc1nnc(CNC(C)C)o1. The Balaban J connectivity index is 2.44. The number of anilines is 1. The van der Waals surface area contributed by atoms with E-state index in [0.717, 1.165) is 19.3 Å². The van der Waals surface area contributed by atoms with Crippen LogP contribution in [0, 0.1) is 0 Å². The fourth-order valence-corrected chi connectivity index (χ4v) is 1.58. The van der Waals surface area contributed by atoms with Crippen molar-refractivity contribution in [3.05, 3.63) is 5.89 Å². The van der Waals surface area contributed by atoms with Gasteiger partial charge in [0.25, 0.3) is 0 Å². The Morgan fingerprint density at radius 1 is 1.24 bits per heavy atom. The molecule has 0 spiro atoms. The summed E-state index contributed by atoms with van der Waals surface area (Å²) in [6, 6.07) is 1.37. The average Bonchev–Trinajstić information content (AvgIpc) is 2.73. The zero-order valence-electron chi connectivity index (χ0n) is 11.3. The van der Waals surface area contributed by atoms with Gasteiger partial charge in [-0.05, 0) is 12.8 Å². The lowest BCUT2D eigenvalue weighted by Crippen LogP contribution is -2.22. The predicted molar refractivity (Wildman–Crippen MR) is 68.9 cm³/mol. The Hall–Kier alpha value is -1.10. The van der Waals surface area contributed by atoms with Gasteiger partial charge >= 0.3 is 6.01 Å². The zero-order valence-corrected chi connectivity index (χ0v) is 11.3. The van der Waals surface area contributed by atoms with Crippen LogP contribution < -0.4 is 10.6 Å². The first kappa shape index (κ1) is 14.0.